The van der Waals surface area contributed by atoms with Crippen LogP contribution in [0, 0.1) is 0 Å². The molecular weight excluding hydrogens is 631 g/mol. The molecule has 1 aliphatic rings. The van der Waals surface area contributed by atoms with Gasteiger partial charge in [0.2, 0.25) is 0 Å². The molecule has 9 aromatic carbocycles. The van der Waals surface area contributed by atoms with Crippen molar-refractivity contribution in [2.75, 3.05) is 0 Å². The molecule has 0 amide bonds. The molecule has 52 heavy (non-hydrogen) atoms. The van der Waals surface area contributed by atoms with Crippen molar-refractivity contribution in [3.8, 4) is 11.1 Å². The third-order valence-corrected chi connectivity index (χ3v) is 12.5. The monoisotopic (exact) mass is 661 g/mol. The van der Waals surface area contributed by atoms with Gasteiger partial charge in [0.1, 0.15) is 11.2 Å². The van der Waals surface area contributed by atoms with E-state index in [0.717, 1.165) is 30.4 Å². The summed E-state index contributed by atoms with van der Waals surface area (Å²) in [5, 5.41) is 15.8. The van der Waals surface area contributed by atoms with Gasteiger partial charge in [0.25, 0.3) is 0 Å². The highest BCUT2D eigenvalue weighted by Crippen LogP contribution is 2.51. The minimum Gasteiger partial charge on any atom is -0.456 e. The molecule has 0 saturated carbocycles. The Bertz CT molecular complexity index is 3450. The summed E-state index contributed by atoms with van der Waals surface area (Å²) in [6, 6.07) is 54.7. The van der Waals surface area contributed by atoms with Crippen molar-refractivity contribution in [2.45, 2.75) is 25.2 Å². The van der Waals surface area contributed by atoms with E-state index >= 15 is 0 Å². The molecule has 13 rings (SSSR count). The van der Waals surface area contributed by atoms with Gasteiger partial charge in [0.05, 0.1) is 16.6 Å². The Morgan fingerprint density at radius 1 is 0.519 bits per heavy atom. The van der Waals surface area contributed by atoms with Gasteiger partial charge in [-0.05, 0) is 122 Å². The SMILES string of the molecule is c1ccc2cc3c(cc2c1)CC(CCc1ccc2c(c1)c1cccc4c5ccccc5n2c41)c1ccc2c4cccc5oc6cccc(c2c1-3)c6c54. The molecule has 0 spiro atoms. The highest BCUT2D eigenvalue weighted by molar-refractivity contribution is 6.35. The van der Waals surface area contributed by atoms with Gasteiger partial charge >= 0.3 is 0 Å². The average Bonchev–Trinajstić information content (AvgIpc) is 3.86. The first kappa shape index (κ1) is 27.4. The van der Waals surface area contributed by atoms with Gasteiger partial charge in [-0.3, -0.25) is 0 Å². The number of rotatable bonds is 3. The molecule has 12 aromatic rings. The number of benzene rings is 9. The molecule has 1 unspecified atom stereocenters. The zero-order chi connectivity index (χ0) is 33.7. The van der Waals surface area contributed by atoms with Crippen LogP contribution < -0.4 is 0 Å². The Morgan fingerprint density at radius 3 is 2.08 bits per heavy atom. The zero-order valence-electron chi connectivity index (χ0n) is 28.4. The molecule has 2 nitrogen and oxygen atoms in total. The van der Waals surface area contributed by atoms with Crippen LogP contribution in [0.4, 0.5) is 0 Å². The van der Waals surface area contributed by atoms with E-state index < -0.39 is 0 Å². The number of hydrogen-bond donors (Lipinski definition) is 0. The van der Waals surface area contributed by atoms with Crippen LogP contribution in [-0.4, -0.2) is 4.40 Å². The van der Waals surface area contributed by atoms with Crippen molar-refractivity contribution in [2.24, 2.45) is 0 Å². The van der Waals surface area contributed by atoms with Gasteiger partial charge in [-0.25, -0.2) is 0 Å². The van der Waals surface area contributed by atoms with Crippen LogP contribution in [0.15, 0.2) is 150 Å². The zero-order valence-corrected chi connectivity index (χ0v) is 28.4. The summed E-state index contributed by atoms with van der Waals surface area (Å²) in [5.41, 5.74) is 13.0. The lowest BCUT2D eigenvalue weighted by Crippen LogP contribution is -2.13. The third-order valence-electron chi connectivity index (χ3n) is 12.5. The van der Waals surface area contributed by atoms with Crippen molar-refractivity contribution >= 4 is 92.4 Å². The molecule has 1 atom stereocenters. The van der Waals surface area contributed by atoms with Gasteiger partial charge in [0, 0.05) is 32.3 Å². The maximum atomic E-state index is 6.45. The largest absolute Gasteiger partial charge is 0.456 e. The van der Waals surface area contributed by atoms with Crippen LogP contribution in [0.5, 0.6) is 0 Å². The summed E-state index contributed by atoms with van der Waals surface area (Å²) in [4.78, 5) is 0. The lowest BCUT2D eigenvalue weighted by molar-refractivity contribution is 0.617. The Labute approximate surface area is 298 Å². The third kappa shape index (κ3) is 3.40. The van der Waals surface area contributed by atoms with Gasteiger partial charge in [-0.2, -0.15) is 0 Å². The highest BCUT2D eigenvalue weighted by Gasteiger charge is 2.29. The quantitative estimate of drug-likeness (QED) is 0.172. The van der Waals surface area contributed by atoms with Crippen LogP contribution in [0.2, 0.25) is 0 Å². The molecule has 3 aromatic heterocycles. The Hall–Kier alpha value is -6.38. The molecular formula is C50H31NO. The molecule has 0 N–H and O–H groups in total. The Kier molecular flexibility index (Phi) is 5.10. The Balaban J connectivity index is 1.00. The summed E-state index contributed by atoms with van der Waals surface area (Å²) in [6.07, 6.45) is 3.17. The van der Waals surface area contributed by atoms with Crippen molar-refractivity contribution in [3.63, 3.8) is 0 Å². The summed E-state index contributed by atoms with van der Waals surface area (Å²) < 4.78 is 8.93. The molecule has 242 valence electrons. The van der Waals surface area contributed by atoms with Crippen molar-refractivity contribution < 1.29 is 4.42 Å². The minimum atomic E-state index is 0.407. The van der Waals surface area contributed by atoms with E-state index in [-0.39, 0.29) is 0 Å². The fourth-order valence-corrected chi connectivity index (χ4v) is 10.4. The number of fused-ring (bicyclic) bond motifs is 14. The second-order valence-corrected chi connectivity index (χ2v) is 15.1. The maximum absolute atomic E-state index is 6.45. The molecule has 1 aliphatic carbocycles. The van der Waals surface area contributed by atoms with Gasteiger partial charge in [0.15, 0.2) is 0 Å². The first-order valence-electron chi connectivity index (χ1n) is 18.6. The summed E-state index contributed by atoms with van der Waals surface area (Å²) in [6.45, 7) is 0. The van der Waals surface area contributed by atoms with Crippen molar-refractivity contribution in [1.82, 2.24) is 4.40 Å². The Morgan fingerprint density at radius 2 is 1.19 bits per heavy atom. The van der Waals surface area contributed by atoms with Crippen molar-refractivity contribution in [1.29, 1.82) is 0 Å². The predicted molar refractivity (Wildman–Crippen MR) is 219 cm³/mol. The van der Waals surface area contributed by atoms with Crippen LogP contribution in [-0.2, 0) is 12.8 Å². The van der Waals surface area contributed by atoms with E-state index in [1.807, 2.05) is 0 Å². The van der Waals surface area contributed by atoms with Gasteiger partial charge < -0.3 is 8.82 Å². The number of aryl methyl sites for hydroxylation is 1. The first-order chi connectivity index (χ1) is 25.8. The normalized spacial score (nSPS) is 14.8. The fourth-order valence-electron chi connectivity index (χ4n) is 10.4. The average molecular weight is 662 g/mol. The maximum Gasteiger partial charge on any atom is 0.136 e. The standard InChI is InChI=1S/C50H31NO/c1-2-9-30-27-40-32(25-29(30)8-1)26-31(33-21-22-36-35-11-6-16-44-48(35)49-39(47(36)46(33)40)14-7-17-45(49)52-44)20-18-28-19-23-43-41(24-28)38-13-5-12-37-34-10-3-4-15-42(34)51(43)50(37)38/h1-17,19,21-25,27,31H,18,20,26H2. The van der Waals surface area contributed by atoms with E-state index in [1.54, 1.807) is 0 Å². The molecule has 0 fully saturated rings. The van der Waals surface area contributed by atoms with E-state index in [9.17, 15) is 0 Å². The summed E-state index contributed by atoms with van der Waals surface area (Å²) in [5.74, 6) is 0.407. The molecule has 3 heterocycles. The smallest absolute Gasteiger partial charge is 0.136 e. The van der Waals surface area contributed by atoms with Crippen LogP contribution in [0.1, 0.15) is 29.0 Å². The van der Waals surface area contributed by atoms with E-state index in [1.165, 1.54) is 109 Å². The predicted octanol–water partition coefficient (Wildman–Crippen LogP) is 13.6. The number of furan rings is 1. The number of para-hydroxylation sites is 2. The van der Waals surface area contributed by atoms with E-state index in [2.05, 4.69) is 150 Å². The number of nitrogens with zero attached hydrogens (tertiary/aromatic N) is 1. The van der Waals surface area contributed by atoms with Crippen LogP contribution in [0.3, 0.4) is 0 Å². The second-order valence-electron chi connectivity index (χ2n) is 15.1. The number of aromatic nitrogens is 1. The topological polar surface area (TPSA) is 17.6 Å². The first-order valence-corrected chi connectivity index (χ1v) is 18.6. The summed E-state index contributed by atoms with van der Waals surface area (Å²) in [7, 11) is 0. The molecule has 2 heteroatoms. The number of hydrogen-bond acceptors (Lipinski definition) is 1. The fraction of sp³-hybridized carbons (Fsp3) is 0.0800. The minimum absolute atomic E-state index is 0.407. The van der Waals surface area contributed by atoms with Crippen LogP contribution in [0.25, 0.3) is 103 Å². The molecule has 0 bridgehead atoms. The molecule has 0 aliphatic heterocycles. The van der Waals surface area contributed by atoms with Crippen molar-refractivity contribution in [3.05, 3.63) is 162 Å². The van der Waals surface area contributed by atoms with Gasteiger partial charge in [-0.1, -0.05) is 109 Å². The highest BCUT2D eigenvalue weighted by atomic mass is 16.3. The molecule has 0 radical (unpaired) electrons. The van der Waals surface area contributed by atoms with E-state index in [0.29, 0.717) is 5.92 Å². The van der Waals surface area contributed by atoms with Crippen LogP contribution >= 0.6 is 0 Å². The second kappa shape index (κ2) is 9.69. The van der Waals surface area contributed by atoms with Gasteiger partial charge in [-0.15, -0.1) is 0 Å². The lowest BCUT2D eigenvalue weighted by atomic mass is 9.73. The molecule has 0 saturated heterocycles. The summed E-state index contributed by atoms with van der Waals surface area (Å²) >= 11 is 0. The van der Waals surface area contributed by atoms with E-state index in [4.69, 9.17) is 4.42 Å². The lowest BCUT2D eigenvalue weighted by Gasteiger charge is -2.30.